The number of benzene rings is 1. The summed E-state index contributed by atoms with van der Waals surface area (Å²) in [5, 5.41) is 7.19. The van der Waals surface area contributed by atoms with Crippen molar-refractivity contribution in [3.05, 3.63) is 35.9 Å². The minimum absolute atomic E-state index is 0.0260. The summed E-state index contributed by atoms with van der Waals surface area (Å²) >= 11 is 0. The van der Waals surface area contributed by atoms with Gasteiger partial charge < -0.3 is 30.6 Å². The molecule has 9 heteroatoms. The lowest BCUT2D eigenvalue weighted by molar-refractivity contribution is -0.167. The number of rotatable bonds is 16. The van der Waals surface area contributed by atoms with Crippen LogP contribution in [0.15, 0.2) is 30.3 Å². The molecule has 1 aromatic carbocycles. The maximum Gasteiger partial charge on any atom is 0.311 e. The van der Waals surface area contributed by atoms with Crippen molar-refractivity contribution in [1.82, 2.24) is 10.6 Å². The van der Waals surface area contributed by atoms with Gasteiger partial charge >= 0.3 is 17.9 Å². The molecule has 63 heavy (non-hydrogen) atoms. The van der Waals surface area contributed by atoms with Gasteiger partial charge in [0.1, 0.15) is 18.3 Å². The van der Waals surface area contributed by atoms with Crippen LogP contribution < -0.4 is 16.4 Å². The summed E-state index contributed by atoms with van der Waals surface area (Å²) < 4.78 is 17.3. The third kappa shape index (κ3) is 20.3. The summed E-state index contributed by atoms with van der Waals surface area (Å²) in [4.78, 5) is 36.6. The molecule has 9 nitrogen and oxygen atoms in total. The summed E-state index contributed by atoms with van der Waals surface area (Å²) in [5.41, 5.74) is 7.35. The number of unbranched alkanes of at least 4 members (excludes halogenated alkanes) is 4. The molecule has 0 spiro atoms. The Labute approximate surface area is 386 Å². The van der Waals surface area contributed by atoms with Crippen LogP contribution in [0.3, 0.4) is 0 Å². The van der Waals surface area contributed by atoms with Crippen LogP contribution >= 0.6 is 0 Å². The fraction of sp³-hybridized carbons (Fsp3) is 0.833. The Hall–Kier alpha value is -2.49. The number of nitrogens with one attached hydrogen (secondary N) is 2. The van der Waals surface area contributed by atoms with Gasteiger partial charge in [-0.25, -0.2) is 0 Å². The number of piperidine rings is 2. The molecule has 3 aliphatic rings. The van der Waals surface area contributed by atoms with E-state index in [0.717, 1.165) is 89.9 Å². The van der Waals surface area contributed by atoms with Crippen molar-refractivity contribution in [3.8, 4) is 0 Å². The van der Waals surface area contributed by atoms with Gasteiger partial charge in [0.05, 0.1) is 5.41 Å². The van der Waals surface area contributed by atoms with Crippen LogP contribution in [-0.2, 0) is 28.6 Å². The minimum atomic E-state index is -0.510. The predicted octanol–water partition coefficient (Wildman–Crippen LogP) is 12.5. The van der Waals surface area contributed by atoms with E-state index >= 15 is 0 Å². The summed E-state index contributed by atoms with van der Waals surface area (Å²) in [5.74, 6) is 0.231. The van der Waals surface area contributed by atoms with Gasteiger partial charge in [-0.15, -0.1) is 0 Å². The second-order valence-corrected chi connectivity index (χ2v) is 24.2. The van der Waals surface area contributed by atoms with Crippen molar-refractivity contribution in [2.45, 2.75) is 273 Å². The number of ether oxygens (including phenoxy) is 3. The van der Waals surface area contributed by atoms with E-state index < -0.39 is 5.41 Å². The Morgan fingerprint density at radius 3 is 1.32 bits per heavy atom. The lowest BCUT2D eigenvalue weighted by Crippen LogP contribution is -2.59. The SMILES string of the molecule is CCC(CC(C)(C)C(=O)OC1CC(C)(C)C(N)C(C)(C)C1)c1ccccc1.CCCCCC(=O)OC1CC(C)(C)NC(C)(C)C1.CCCCCC(=O)OC1CC(C)(C)NC(C)(C)C1. The molecule has 4 N–H and O–H groups in total. The lowest BCUT2D eigenvalue weighted by Gasteiger charge is -2.50. The first kappa shape index (κ1) is 56.6. The van der Waals surface area contributed by atoms with E-state index in [9.17, 15) is 14.4 Å². The second kappa shape index (κ2) is 23.8. The first-order valence-corrected chi connectivity index (χ1v) is 24.9. The molecule has 364 valence electrons. The maximum atomic E-state index is 13.1. The molecule has 4 rings (SSSR count). The van der Waals surface area contributed by atoms with Gasteiger partial charge in [-0.2, -0.15) is 0 Å². The van der Waals surface area contributed by atoms with Gasteiger partial charge in [-0.05, 0) is 130 Å². The van der Waals surface area contributed by atoms with Crippen molar-refractivity contribution >= 4 is 17.9 Å². The molecular formula is C54H97N3O6. The van der Waals surface area contributed by atoms with Gasteiger partial charge in [-0.1, -0.05) is 104 Å². The van der Waals surface area contributed by atoms with Crippen LogP contribution in [0.1, 0.15) is 232 Å². The molecule has 0 amide bonds. The van der Waals surface area contributed by atoms with Crippen LogP contribution in [0.2, 0.25) is 0 Å². The van der Waals surface area contributed by atoms with Crippen LogP contribution in [-0.4, -0.2) is 64.4 Å². The minimum Gasteiger partial charge on any atom is -0.462 e. The number of carbonyl (C=O) groups is 3. The highest BCUT2D eigenvalue weighted by Gasteiger charge is 2.48. The predicted molar refractivity (Wildman–Crippen MR) is 262 cm³/mol. The van der Waals surface area contributed by atoms with Crippen molar-refractivity contribution < 1.29 is 28.6 Å². The zero-order valence-electron chi connectivity index (χ0n) is 43.6. The number of nitrogens with two attached hydrogens (primary N) is 1. The third-order valence-corrected chi connectivity index (χ3v) is 13.4. The number of hydrogen-bond donors (Lipinski definition) is 3. The highest BCUT2D eigenvalue weighted by Crippen LogP contribution is 2.47. The molecule has 1 aliphatic carbocycles. The summed E-state index contributed by atoms with van der Waals surface area (Å²) in [6, 6.07) is 10.6. The molecule has 2 saturated heterocycles. The fourth-order valence-corrected chi connectivity index (χ4v) is 11.0. The molecule has 2 heterocycles. The largest absolute Gasteiger partial charge is 0.462 e. The summed E-state index contributed by atoms with van der Waals surface area (Å²) in [7, 11) is 0. The van der Waals surface area contributed by atoms with E-state index in [1.165, 1.54) is 5.56 Å². The van der Waals surface area contributed by atoms with Crippen molar-refractivity contribution in [1.29, 1.82) is 0 Å². The van der Waals surface area contributed by atoms with Gasteiger partial charge in [0.15, 0.2) is 0 Å². The van der Waals surface area contributed by atoms with E-state index in [1.54, 1.807) is 0 Å². The number of hydrogen-bond acceptors (Lipinski definition) is 9. The third-order valence-electron chi connectivity index (χ3n) is 13.4. The molecule has 3 fully saturated rings. The lowest BCUT2D eigenvalue weighted by atomic mass is 9.60. The zero-order chi connectivity index (χ0) is 48.1. The smallest absolute Gasteiger partial charge is 0.311 e. The second-order valence-electron chi connectivity index (χ2n) is 24.2. The highest BCUT2D eigenvalue weighted by molar-refractivity contribution is 5.76. The molecule has 1 saturated carbocycles. The Morgan fingerprint density at radius 1 is 0.603 bits per heavy atom. The zero-order valence-corrected chi connectivity index (χ0v) is 43.6. The molecule has 1 aromatic rings. The monoisotopic (exact) mass is 884 g/mol. The molecule has 1 atom stereocenters. The van der Waals surface area contributed by atoms with Gasteiger partial charge in [0.25, 0.3) is 0 Å². The maximum absolute atomic E-state index is 13.1. The van der Waals surface area contributed by atoms with E-state index in [2.05, 4.69) is 139 Å². The topological polar surface area (TPSA) is 129 Å². The van der Waals surface area contributed by atoms with Crippen LogP contribution in [0.5, 0.6) is 0 Å². The first-order valence-electron chi connectivity index (χ1n) is 24.9. The molecule has 0 bridgehead atoms. The summed E-state index contributed by atoms with van der Waals surface area (Å²) in [6.07, 6.45) is 14.7. The van der Waals surface area contributed by atoms with Gasteiger partial charge in [-0.3, -0.25) is 14.4 Å². The fourth-order valence-electron chi connectivity index (χ4n) is 11.0. The summed E-state index contributed by atoms with van der Waals surface area (Å²) in [6.45, 7) is 36.6. The molecule has 2 aliphatic heterocycles. The van der Waals surface area contributed by atoms with Crippen molar-refractivity contribution in [3.63, 3.8) is 0 Å². The molecule has 1 unspecified atom stereocenters. The number of esters is 3. The van der Waals surface area contributed by atoms with E-state index in [-0.39, 0.29) is 75.2 Å². The Balaban J connectivity index is 0.000000337. The standard InChI is InChI=1S/C24H39NO2.2C15H29NO2/c1-8-17(18-12-10-9-11-13-18)14-24(6,7)21(26)27-19-15-22(2,3)20(25)23(4,5)16-19;2*1-6-7-8-9-13(17)18-12-10-14(2,3)16-15(4,5)11-12/h9-13,17,19-20H,8,14-16,25H2,1-7H3;2*12,16H,6-11H2,1-5H3. The van der Waals surface area contributed by atoms with Crippen LogP contribution in [0, 0.1) is 16.2 Å². The van der Waals surface area contributed by atoms with E-state index in [1.807, 2.05) is 19.9 Å². The normalized spacial score (nSPS) is 24.0. The molecule has 0 radical (unpaired) electrons. The Bertz CT molecular complexity index is 1440. The van der Waals surface area contributed by atoms with Crippen LogP contribution in [0.25, 0.3) is 0 Å². The average molecular weight is 884 g/mol. The van der Waals surface area contributed by atoms with Gasteiger partial charge in [0.2, 0.25) is 0 Å². The number of carbonyl (C=O) groups excluding carboxylic acids is 3. The van der Waals surface area contributed by atoms with E-state index in [0.29, 0.717) is 18.8 Å². The van der Waals surface area contributed by atoms with Crippen molar-refractivity contribution in [2.24, 2.45) is 22.0 Å². The first-order chi connectivity index (χ1) is 28.9. The molecule has 0 aromatic heterocycles. The van der Waals surface area contributed by atoms with Crippen LogP contribution in [0.4, 0.5) is 0 Å². The Kier molecular flexibility index (Phi) is 21.4. The Morgan fingerprint density at radius 2 is 0.968 bits per heavy atom. The van der Waals surface area contributed by atoms with Crippen molar-refractivity contribution in [2.75, 3.05) is 0 Å². The quantitative estimate of drug-likeness (QED) is 0.0844. The average Bonchev–Trinajstić information content (AvgIpc) is 3.11. The van der Waals surface area contributed by atoms with E-state index in [4.69, 9.17) is 19.9 Å². The molecular weight excluding hydrogens is 787 g/mol. The van der Waals surface area contributed by atoms with Gasteiger partial charge in [0, 0.05) is 66.7 Å². The highest BCUT2D eigenvalue weighted by atomic mass is 16.6.